The smallest absolute Gasteiger partial charge is 0.242 e. The molecule has 1 amide bonds. The number of para-hydroxylation sites is 2. The summed E-state index contributed by atoms with van der Waals surface area (Å²) >= 11 is 0. The van der Waals surface area contributed by atoms with E-state index in [0.29, 0.717) is 13.1 Å². The van der Waals surface area contributed by atoms with Crippen molar-refractivity contribution in [1.29, 1.82) is 0 Å². The first kappa shape index (κ1) is 17.5. The molecule has 7 heteroatoms. The Hall–Kier alpha value is -3.61. The molecular weight excluding hydrogens is 366 g/mol. The van der Waals surface area contributed by atoms with E-state index in [2.05, 4.69) is 15.2 Å². The van der Waals surface area contributed by atoms with Crippen LogP contribution in [0.2, 0.25) is 0 Å². The standard InChI is InChI=1S/C22H21N5O2/c1-29-16-6-4-5-15(11-16)22-17-12-26(10-9-18(17)24-25-22)21(28)13-27-14-23-19-7-2-3-8-20(19)27/h2-8,11,14H,9-10,12-13H2,1H3,(H,24,25). The van der Waals surface area contributed by atoms with Gasteiger partial charge < -0.3 is 14.2 Å². The van der Waals surface area contributed by atoms with Crippen molar-refractivity contribution in [2.24, 2.45) is 0 Å². The van der Waals surface area contributed by atoms with E-state index in [4.69, 9.17) is 4.74 Å². The minimum Gasteiger partial charge on any atom is -0.497 e. The van der Waals surface area contributed by atoms with Crippen LogP contribution in [0.25, 0.3) is 22.3 Å². The van der Waals surface area contributed by atoms with Gasteiger partial charge in [0.25, 0.3) is 0 Å². The van der Waals surface area contributed by atoms with Crippen LogP contribution in [-0.2, 0) is 24.3 Å². The van der Waals surface area contributed by atoms with Crippen LogP contribution in [0, 0.1) is 0 Å². The third-order valence-corrected chi connectivity index (χ3v) is 5.46. The van der Waals surface area contributed by atoms with Gasteiger partial charge in [0.05, 0.1) is 30.2 Å². The number of aromatic nitrogens is 4. The summed E-state index contributed by atoms with van der Waals surface area (Å²) in [6, 6.07) is 15.7. The van der Waals surface area contributed by atoms with E-state index in [1.54, 1.807) is 13.4 Å². The Morgan fingerprint density at radius 1 is 1.21 bits per heavy atom. The second kappa shape index (κ2) is 7.09. The third kappa shape index (κ3) is 3.14. The minimum atomic E-state index is 0.0802. The fourth-order valence-electron chi connectivity index (χ4n) is 3.90. The Balaban J connectivity index is 1.39. The Morgan fingerprint density at radius 3 is 3.00 bits per heavy atom. The zero-order valence-corrected chi connectivity index (χ0v) is 16.1. The molecule has 1 N–H and O–H groups in total. The van der Waals surface area contributed by atoms with Crippen molar-refractivity contribution in [2.75, 3.05) is 13.7 Å². The van der Waals surface area contributed by atoms with Gasteiger partial charge in [-0.1, -0.05) is 24.3 Å². The number of H-pyrrole nitrogens is 1. The van der Waals surface area contributed by atoms with Gasteiger partial charge in [-0.3, -0.25) is 9.89 Å². The predicted octanol–water partition coefficient (Wildman–Crippen LogP) is 3.02. The number of benzene rings is 2. The Bertz CT molecular complexity index is 1190. The number of ether oxygens (including phenoxy) is 1. The van der Waals surface area contributed by atoms with Crippen molar-refractivity contribution in [3.8, 4) is 17.0 Å². The van der Waals surface area contributed by atoms with E-state index in [-0.39, 0.29) is 12.5 Å². The highest BCUT2D eigenvalue weighted by molar-refractivity contribution is 5.81. The summed E-state index contributed by atoms with van der Waals surface area (Å²) in [6.45, 7) is 1.50. The molecule has 2 aromatic heterocycles. The number of amides is 1. The van der Waals surface area contributed by atoms with Crippen LogP contribution in [0.15, 0.2) is 54.9 Å². The highest BCUT2D eigenvalue weighted by atomic mass is 16.5. The lowest BCUT2D eigenvalue weighted by atomic mass is 10.0. The van der Waals surface area contributed by atoms with Crippen molar-refractivity contribution in [3.05, 3.63) is 66.1 Å². The molecule has 0 unspecified atom stereocenters. The fraction of sp³-hybridized carbons (Fsp3) is 0.227. The van der Waals surface area contributed by atoms with Crippen LogP contribution in [0.5, 0.6) is 5.75 Å². The monoisotopic (exact) mass is 387 g/mol. The molecule has 3 heterocycles. The molecule has 0 aliphatic carbocycles. The van der Waals surface area contributed by atoms with Gasteiger partial charge in [-0.2, -0.15) is 5.10 Å². The van der Waals surface area contributed by atoms with E-state index in [1.165, 1.54) is 0 Å². The molecule has 0 bridgehead atoms. The Morgan fingerprint density at radius 2 is 2.10 bits per heavy atom. The molecule has 7 nitrogen and oxygen atoms in total. The number of nitrogens with one attached hydrogen (secondary N) is 1. The van der Waals surface area contributed by atoms with Crippen molar-refractivity contribution >= 4 is 16.9 Å². The van der Waals surface area contributed by atoms with Gasteiger partial charge in [0, 0.05) is 36.3 Å². The number of hydrogen-bond donors (Lipinski definition) is 1. The number of carbonyl (C=O) groups excluding carboxylic acids is 1. The molecule has 0 saturated carbocycles. The largest absolute Gasteiger partial charge is 0.497 e. The minimum absolute atomic E-state index is 0.0802. The first-order valence-corrected chi connectivity index (χ1v) is 9.61. The van der Waals surface area contributed by atoms with Crippen LogP contribution in [0.3, 0.4) is 0 Å². The molecular formula is C22H21N5O2. The van der Waals surface area contributed by atoms with Crippen LogP contribution in [-0.4, -0.2) is 44.2 Å². The number of fused-ring (bicyclic) bond motifs is 2. The van der Waals surface area contributed by atoms with Gasteiger partial charge in [-0.15, -0.1) is 0 Å². The number of carbonyl (C=O) groups is 1. The fourth-order valence-corrected chi connectivity index (χ4v) is 3.90. The lowest BCUT2D eigenvalue weighted by Gasteiger charge is -2.27. The van der Waals surface area contributed by atoms with Crippen LogP contribution >= 0.6 is 0 Å². The van der Waals surface area contributed by atoms with E-state index in [9.17, 15) is 4.79 Å². The molecule has 1 aliphatic heterocycles. The lowest BCUT2D eigenvalue weighted by molar-refractivity contribution is -0.132. The molecule has 0 atom stereocenters. The molecule has 0 radical (unpaired) electrons. The van der Waals surface area contributed by atoms with Crippen molar-refractivity contribution in [3.63, 3.8) is 0 Å². The molecule has 2 aromatic carbocycles. The average Bonchev–Trinajstić information content (AvgIpc) is 3.37. The molecule has 146 valence electrons. The van der Waals surface area contributed by atoms with Crippen LogP contribution in [0.1, 0.15) is 11.3 Å². The maximum absolute atomic E-state index is 13.0. The highest BCUT2D eigenvalue weighted by Crippen LogP contribution is 2.30. The number of methoxy groups -OCH3 is 1. The third-order valence-electron chi connectivity index (χ3n) is 5.46. The van der Waals surface area contributed by atoms with E-state index in [1.807, 2.05) is 58.0 Å². The van der Waals surface area contributed by atoms with E-state index >= 15 is 0 Å². The second-order valence-electron chi connectivity index (χ2n) is 7.19. The zero-order valence-electron chi connectivity index (χ0n) is 16.1. The molecule has 29 heavy (non-hydrogen) atoms. The molecule has 0 fully saturated rings. The number of rotatable bonds is 4. The number of aromatic amines is 1. The molecule has 5 rings (SSSR count). The Labute approximate surface area is 167 Å². The quantitative estimate of drug-likeness (QED) is 0.584. The number of nitrogens with zero attached hydrogens (tertiary/aromatic N) is 4. The summed E-state index contributed by atoms with van der Waals surface area (Å²) in [7, 11) is 1.65. The SMILES string of the molecule is COc1cccc(-c2n[nH]c3c2CN(C(=O)Cn2cnc4ccccc42)CC3)c1. The van der Waals surface area contributed by atoms with Gasteiger partial charge in [0.15, 0.2) is 0 Å². The van der Waals surface area contributed by atoms with Gasteiger partial charge >= 0.3 is 0 Å². The van der Waals surface area contributed by atoms with Crippen molar-refractivity contribution < 1.29 is 9.53 Å². The van der Waals surface area contributed by atoms with Gasteiger partial charge in [0.1, 0.15) is 12.3 Å². The normalized spacial score (nSPS) is 13.5. The molecule has 4 aromatic rings. The summed E-state index contributed by atoms with van der Waals surface area (Å²) < 4.78 is 7.25. The topological polar surface area (TPSA) is 76.0 Å². The van der Waals surface area contributed by atoms with Gasteiger partial charge in [0.2, 0.25) is 5.91 Å². The first-order chi connectivity index (χ1) is 14.2. The van der Waals surface area contributed by atoms with E-state index < -0.39 is 0 Å². The average molecular weight is 387 g/mol. The number of imidazole rings is 1. The lowest BCUT2D eigenvalue weighted by Crippen LogP contribution is -2.37. The molecule has 1 aliphatic rings. The second-order valence-corrected chi connectivity index (χ2v) is 7.19. The van der Waals surface area contributed by atoms with Crippen LogP contribution in [0.4, 0.5) is 0 Å². The zero-order chi connectivity index (χ0) is 19.8. The summed E-state index contributed by atoms with van der Waals surface area (Å²) in [6.07, 6.45) is 2.50. The summed E-state index contributed by atoms with van der Waals surface area (Å²) in [5.74, 6) is 0.867. The first-order valence-electron chi connectivity index (χ1n) is 9.61. The summed E-state index contributed by atoms with van der Waals surface area (Å²) in [5.41, 5.74) is 5.91. The Kier molecular flexibility index (Phi) is 4.27. The predicted molar refractivity (Wildman–Crippen MR) is 109 cm³/mol. The highest BCUT2D eigenvalue weighted by Gasteiger charge is 2.26. The van der Waals surface area contributed by atoms with Crippen LogP contribution < -0.4 is 4.74 Å². The summed E-state index contributed by atoms with van der Waals surface area (Å²) in [5, 5.41) is 7.67. The van der Waals surface area contributed by atoms with Crippen molar-refractivity contribution in [1.82, 2.24) is 24.6 Å². The van der Waals surface area contributed by atoms with Gasteiger partial charge in [-0.25, -0.2) is 4.98 Å². The maximum atomic E-state index is 13.0. The molecule has 0 spiro atoms. The van der Waals surface area contributed by atoms with Gasteiger partial charge in [-0.05, 0) is 24.3 Å². The summed E-state index contributed by atoms with van der Waals surface area (Å²) in [4.78, 5) is 19.3. The number of hydrogen-bond acceptors (Lipinski definition) is 4. The molecule has 0 saturated heterocycles. The van der Waals surface area contributed by atoms with E-state index in [0.717, 1.165) is 45.7 Å². The maximum Gasteiger partial charge on any atom is 0.242 e. The van der Waals surface area contributed by atoms with Crippen molar-refractivity contribution in [2.45, 2.75) is 19.5 Å².